The van der Waals surface area contributed by atoms with Crippen molar-refractivity contribution in [3.8, 4) is 17.1 Å². The lowest BCUT2D eigenvalue weighted by molar-refractivity contribution is 0.0696. The summed E-state index contributed by atoms with van der Waals surface area (Å²) in [6.45, 7) is 5.70. The van der Waals surface area contributed by atoms with E-state index in [0.29, 0.717) is 29.5 Å². The molecule has 0 aliphatic carbocycles. The Labute approximate surface area is 156 Å². The second-order valence-electron chi connectivity index (χ2n) is 5.81. The molecule has 7 heteroatoms. The highest BCUT2D eigenvalue weighted by Crippen LogP contribution is 2.31. The van der Waals surface area contributed by atoms with Gasteiger partial charge in [0.05, 0.1) is 30.2 Å². The maximum absolute atomic E-state index is 11.2. The lowest BCUT2D eigenvalue weighted by Gasteiger charge is -2.16. The van der Waals surface area contributed by atoms with E-state index in [1.165, 1.54) is 19.2 Å². The third-order valence-electron chi connectivity index (χ3n) is 4.04. The van der Waals surface area contributed by atoms with Gasteiger partial charge in [-0.05, 0) is 37.6 Å². The Balaban J connectivity index is 2.07. The van der Waals surface area contributed by atoms with Crippen LogP contribution in [0.1, 0.15) is 21.6 Å². The van der Waals surface area contributed by atoms with Crippen LogP contribution in [0.2, 0.25) is 0 Å². The molecule has 3 aromatic rings. The highest BCUT2D eigenvalue weighted by atomic mass is 16.5. The highest BCUT2D eigenvalue weighted by molar-refractivity contribution is 5.89. The average Bonchev–Trinajstić information content (AvgIpc) is 3.19. The lowest BCUT2D eigenvalue weighted by atomic mass is 10.1. The molecule has 7 nitrogen and oxygen atoms in total. The Morgan fingerprint density at radius 1 is 1.37 bits per heavy atom. The van der Waals surface area contributed by atoms with Crippen molar-refractivity contribution >= 4 is 17.5 Å². The Morgan fingerprint density at radius 2 is 2.19 bits per heavy atom. The second kappa shape index (κ2) is 7.74. The smallest absolute Gasteiger partial charge is 0.335 e. The zero-order valence-corrected chi connectivity index (χ0v) is 15.0. The number of nitrogens with zero attached hydrogens (tertiary/aromatic N) is 2. The molecule has 3 rings (SSSR count). The number of carbonyl (C=O) groups is 1. The summed E-state index contributed by atoms with van der Waals surface area (Å²) in [5, 5.41) is 12.4. The molecule has 2 heterocycles. The number of hydrogen-bond donors (Lipinski definition) is 2. The average molecular weight is 365 g/mol. The SMILES string of the molecule is C=CCc1c(C)nc(-c2ccoc2)nc1Nc1ccc(C(=O)O)cc1OC. The van der Waals surface area contributed by atoms with Crippen molar-refractivity contribution in [2.45, 2.75) is 13.3 Å². The van der Waals surface area contributed by atoms with Gasteiger partial charge in [-0.2, -0.15) is 0 Å². The molecule has 0 aliphatic heterocycles. The van der Waals surface area contributed by atoms with Gasteiger partial charge in [-0.15, -0.1) is 6.58 Å². The number of aryl methyl sites for hydroxylation is 1. The van der Waals surface area contributed by atoms with Crippen molar-refractivity contribution in [3.05, 3.63) is 66.3 Å². The molecule has 0 spiro atoms. The first-order chi connectivity index (χ1) is 13.0. The fourth-order valence-electron chi connectivity index (χ4n) is 2.66. The van der Waals surface area contributed by atoms with Crippen LogP contribution in [0.5, 0.6) is 5.75 Å². The molecule has 1 aromatic carbocycles. The first kappa shape index (κ1) is 18.2. The number of rotatable bonds is 7. The summed E-state index contributed by atoms with van der Waals surface area (Å²) in [4.78, 5) is 20.4. The maximum atomic E-state index is 11.2. The summed E-state index contributed by atoms with van der Waals surface area (Å²) in [7, 11) is 1.49. The van der Waals surface area contributed by atoms with Crippen LogP contribution in [0.4, 0.5) is 11.5 Å². The number of furan rings is 1. The number of ether oxygens (including phenoxy) is 1. The Bertz CT molecular complexity index is 981. The van der Waals surface area contributed by atoms with Gasteiger partial charge in [0.2, 0.25) is 0 Å². The molecule has 2 N–H and O–H groups in total. The quantitative estimate of drug-likeness (QED) is 0.605. The summed E-state index contributed by atoms with van der Waals surface area (Å²) < 4.78 is 10.5. The van der Waals surface area contributed by atoms with E-state index in [1.54, 1.807) is 30.7 Å². The van der Waals surface area contributed by atoms with E-state index in [0.717, 1.165) is 16.8 Å². The van der Waals surface area contributed by atoms with Crippen molar-refractivity contribution < 1.29 is 19.1 Å². The van der Waals surface area contributed by atoms with E-state index in [1.807, 2.05) is 6.92 Å². The van der Waals surface area contributed by atoms with Crippen molar-refractivity contribution in [2.75, 3.05) is 12.4 Å². The van der Waals surface area contributed by atoms with E-state index >= 15 is 0 Å². The Hall–Kier alpha value is -3.61. The van der Waals surface area contributed by atoms with Crippen LogP contribution in [0.25, 0.3) is 11.4 Å². The van der Waals surface area contributed by atoms with Gasteiger partial charge in [0, 0.05) is 11.3 Å². The van der Waals surface area contributed by atoms with Gasteiger partial charge < -0.3 is 19.6 Å². The number of anilines is 2. The summed E-state index contributed by atoms with van der Waals surface area (Å²) in [6, 6.07) is 6.40. The molecule has 0 saturated heterocycles. The number of nitrogens with one attached hydrogen (secondary N) is 1. The van der Waals surface area contributed by atoms with Crippen LogP contribution in [0.15, 0.2) is 53.9 Å². The van der Waals surface area contributed by atoms with Crippen molar-refractivity contribution in [3.63, 3.8) is 0 Å². The van der Waals surface area contributed by atoms with Gasteiger partial charge in [0.15, 0.2) is 5.82 Å². The number of allylic oxidation sites excluding steroid dienone is 1. The molecule has 0 radical (unpaired) electrons. The Morgan fingerprint density at radius 3 is 2.81 bits per heavy atom. The van der Waals surface area contributed by atoms with E-state index in [-0.39, 0.29) is 5.56 Å². The molecular weight excluding hydrogens is 346 g/mol. The second-order valence-corrected chi connectivity index (χ2v) is 5.81. The van der Waals surface area contributed by atoms with E-state index in [2.05, 4.69) is 21.9 Å². The predicted octanol–water partition coefficient (Wildman–Crippen LogP) is 4.22. The van der Waals surface area contributed by atoms with Crippen molar-refractivity contribution in [1.82, 2.24) is 9.97 Å². The first-order valence-electron chi connectivity index (χ1n) is 8.22. The number of carboxylic acids is 1. The minimum Gasteiger partial charge on any atom is -0.495 e. The molecule has 0 saturated carbocycles. The number of aromatic nitrogens is 2. The highest BCUT2D eigenvalue weighted by Gasteiger charge is 2.16. The number of benzene rings is 1. The Kier molecular flexibility index (Phi) is 5.21. The molecular formula is C20H19N3O4. The van der Waals surface area contributed by atoms with E-state index in [9.17, 15) is 4.79 Å². The molecule has 0 unspecified atom stereocenters. The maximum Gasteiger partial charge on any atom is 0.335 e. The summed E-state index contributed by atoms with van der Waals surface area (Å²) >= 11 is 0. The van der Waals surface area contributed by atoms with Crippen LogP contribution in [0.3, 0.4) is 0 Å². The largest absolute Gasteiger partial charge is 0.495 e. The van der Waals surface area contributed by atoms with Gasteiger partial charge in [0.1, 0.15) is 17.8 Å². The fourth-order valence-corrected chi connectivity index (χ4v) is 2.66. The molecule has 0 aliphatic rings. The summed E-state index contributed by atoms with van der Waals surface area (Å²) in [6.07, 6.45) is 5.49. The molecule has 0 bridgehead atoms. The number of aromatic carboxylic acids is 1. The summed E-state index contributed by atoms with van der Waals surface area (Å²) in [5.74, 6) is 0.505. The van der Waals surface area contributed by atoms with E-state index < -0.39 is 5.97 Å². The van der Waals surface area contributed by atoms with Crippen molar-refractivity contribution in [1.29, 1.82) is 0 Å². The van der Waals surface area contributed by atoms with Crippen LogP contribution in [-0.2, 0) is 6.42 Å². The minimum absolute atomic E-state index is 0.140. The zero-order chi connectivity index (χ0) is 19.4. The molecule has 0 amide bonds. The number of carboxylic acid groups (broad SMARTS) is 1. The molecule has 2 aromatic heterocycles. The molecule has 138 valence electrons. The normalized spacial score (nSPS) is 10.4. The minimum atomic E-state index is -1.02. The molecule has 27 heavy (non-hydrogen) atoms. The third-order valence-corrected chi connectivity index (χ3v) is 4.04. The summed E-state index contributed by atoms with van der Waals surface area (Å²) in [5.41, 5.74) is 3.21. The van der Waals surface area contributed by atoms with Gasteiger partial charge in [-0.25, -0.2) is 14.8 Å². The lowest BCUT2D eigenvalue weighted by Crippen LogP contribution is -2.06. The fraction of sp³-hybridized carbons (Fsp3) is 0.150. The number of methoxy groups -OCH3 is 1. The van der Waals surface area contributed by atoms with Gasteiger partial charge in [0.25, 0.3) is 0 Å². The molecule has 0 fully saturated rings. The van der Waals surface area contributed by atoms with Gasteiger partial charge in [-0.1, -0.05) is 6.08 Å². The number of hydrogen-bond acceptors (Lipinski definition) is 6. The van der Waals surface area contributed by atoms with Crippen LogP contribution < -0.4 is 10.1 Å². The monoisotopic (exact) mass is 365 g/mol. The first-order valence-corrected chi connectivity index (χ1v) is 8.22. The van der Waals surface area contributed by atoms with Crippen LogP contribution in [-0.4, -0.2) is 28.2 Å². The van der Waals surface area contributed by atoms with E-state index in [4.69, 9.17) is 14.3 Å². The third kappa shape index (κ3) is 3.82. The standard InChI is InChI=1S/C20H19N3O4/c1-4-5-15-12(2)21-18(14-8-9-27-11-14)23-19(15)22-16-7-6-13(20(24)25)10-17(16)26-3/h4,6-11H,1,5H2,2-3H3,(H,24,25)(H,21,22,23). The van der Waals surface area contributed by atoms with Gasteiger partial charge >= 0.3 is 5.97 Å². The van der Waals surface area contributed by atoms with Crippen molar-refractivity contribution in [2.24, 2.45) is 0 Å². The van der Waals surface area contributed by atoms with Crippen LogP contribution >= 0.6 is 0 Å². The van der Waals surface area contributed by atoms with Crippen LogP contribution in [0, 0.1) is 6.92 Å². The zero-order valence-electron chi connectivity index (χ0n) is 15.0. The van der Waals surface area contributed by atoms with Gasteiger partial charge in [-0.3, -0.25) is 0 Å². The topological polar surface area (TPSA) is 97.5 Å². The predicted molar refractivity (Wildman–Crippen MR) is 102 cm³/mol. The molecule has 0 atom stereocenters.